The number of piperidine rings is 1. The van der Waals surface area contributed by atoms with E-state index in [4.69, 9.17) is 11.6 Å². The molecular weight excluding hydrogens is 462 g/mol. The maximum absolute atomic E-state index is 13.4. The molecule has 1 saturated heterocycles. The highest BCUT2D eigenvalue weighted by atomic mass is 35.5. The summed E-state index contributed by atoms with van der Waals surface area (Å²) in [5.41, 5.74) is 3.13. The Hall–Kier alpha value is -2.42. The van der Waals surface area contributed by atoms with Crippen LogP contribution in [0.3, 0.4) is 0 Å². The molecule has 1 N–H and O–H groups in total. The molecule has 7 nitrogen and oxygen atoms in total. The smallest absolute Gasteiger partial charge is 0.243 e. The van der Waals surface area contributed by atoms with Crippen molar-refractivity contribution < 1.29 is 18.0 Å². The minimum absolute atomic E-state index is 0.00575. The Morgan fingerprint density at radius 2 is 1.91 bits per heavy atom. The Bertz CT molecular complexity index is 1210. The average Bonchev–Trinajstić information content (AvgIpc) is 3.11. The van der Waals surface area contributed by atoms with E-state index >= 15 is 0 Å². The molecule has 0 aromatic heterocycles. The fourth-order valence-electron chi connectivity index (χ4n) is 4.69. The summed E-state index contributed by atoms with van der Waals surface area (Å²) >= 11 is 6.15. The van der Waals surface area contributed by atoms with Gasteiger partial charge in [-0.3, -0.25) is 9.59 Å². The number of rotatable bonds is 4. The molecular formula is C24H28ClN3O4S. The topological polar surface area (TPSA) is 86.8 Å². The fourth-order valence-corrected chi connectivity index (χ4v) is 6.44. The third-order valence-electron chi connectivity index (χ3n) is 6.44. The molecule has 33 heavy (non-hydrogen) atoms. The van der Waals surface area contributed by atoms with Crippen LogP contribution in [0.4, 0.5) is 11.4 Å². The van der Waals surface area contributed by atoms with Gasteiger partial charge in [0.15, 0.2) is 0 Å². The Morgan fingerprint density at radius 1 is 1.15 bits per heavy atom. The lowest BCUT2D eigenvalue weighted by atomic mass is 9.98. The number of benzene rings is 2. The summed E-state index contributed by atoms with van der Waals surface area (Å²) in [5, 5.41) is 3.43. The maximum atomic E-state index is 13.4. The third-order valence-corrected chi connectivity index (χ3v) is 8.71. The minimum atomic E-state index is -3.76. The van der Waals surface area contributed by atoms with Gasteiger partial charge in [0.1, 0.15) is 0 Å². The Balaban J connectivity index is 1.51. The first-order valence-corrected chi connectivity index (χ1v) is 12.9. The van der Waals surface area contributed by atoms with Gasteiger partial charge in [-0.1, -0.05) is 17.7 Å². The van der Waals surface area contributed by atoms with Crippen molar-refractivity contribution in [3.05, 3.63) is 52.5 Å². The molecule has 0 radical (unpaired) electrons. The highest BCUT2D eigenvalue weighted by Gasteiger charge is 2.35. The second-order valence-corrected chi connectivity index (χ2v) is 11.2. The molecule has 4 rings (SSSR count). The van der Waals surface area contributed by atoms with Gasteiger partial charge in [-0.2, -0.15) is 4.31 Å². The van der Waals surface area contributed by atoms with Gasteiger partial charge in [-0.25, -0.2) is 8.42 Å². The van der Waals surface area contributed by atoms with E-state index in [1.807, 2.05) is 19.9 Å². The number of hydrogen-bond donors (Lipinski definition) is 1. The van der Waals surface area contributed by atoms with Crippen LogP contribution in [0.25, 0.3) is 0 Å². The van der Waals surface area contributed by atoms with E-state index in [0.29, 0.717) is 36.5 Å². The van der Waals surface area contributed by atoms with Crippen LogP contribution in [-0.2, 0) is 26.0 Å². The van der Waals surface area contributed by atoms with Crippen molar-refractivity contribution in [1.29, 1.82) is 0 Å². The predicted octanol–water partition coefficient (Wildman–Crippen LogP) is 3.99. The van der Waals surface area contributed by atoms with Crippen LogP contribution in [-0.4, -0.2) is 43.7 Å². The van der Waals surface area contributed by atoms with Crippen molar-refractivity contribution in [2.24, 2.45) is 5.92 Å². The number of aryl methyl sites for hydroxylation is 1. The zero-order valence-electron chi connectivity index (χ0n) is 19.0. The van der Waals surface area contributed by atoms with Crippen LogP contribution < -0.4 is 10.2 Å². The first-order valence-electron chi connectivity index (χ1n) is 11.1. The zero-order chi connectivity index (χ0) is 23.9. The van der Waals surface area contributed by atoms with Crippen molar-refractivity contribution in [3.8, 4) is 0 Å². The van der Waals surface area contributed by atoms with E-state index in [1.54, 1.807) is 35.2 Å². The zero-order valence-corrected chi connectivity index (χ0v) is 20.5. The second-order valence-electron chi connectivity index (χ2n) is 8.89. The van der Waals surface area contributed by atoms with E-state index in [1.165, 1.54) is 11.2 Å². The van der Waals surface area contributed by atoms with Gasteiger partial charge in [0.25, 0.3) is 0 Å². The van der Waals surface area contributed by atoms with Crippen LogP contribution in [0.5, 0.6) is 0 Å². The highest BCUT2D eigenvalue weighted by molar-refractivity contribution is 7.89. The molecule has 2 aromatic rings. The standard InChI is InChI=1S/C24H28ClN3O4S/c1-15-6-7-20(13-22(15)25)26-24(30)18-5-4-10-27(14-18)33(31,32)21-8-9-23-19(12-21)11-16(2)28(23)17(3)29/h6-9,12-13,16,18H,4-5,10-11,14H2,1-3H3,(H,26,30). The van der Waals surface area contributed by atoms with Gasteiger partial charge in [0.05, 0.1) is 10.8 Å². The molecule has 2 aliphatic rings. The molecule has 1 fully saturated rings. The van der Waals surface area contributed by atoms with Crippen molar-refractivity contribution in [3.63, 3.8) is 0 Å². The summed E-state index contributed by atoms with van der Waals surface area (Å²) in [6.07, 6.45) is 1.83. The number of hydrogen-bond acceptors (Lipinski definition) is 4. The van der Waals surface area contributed by atoms with Crippen LogP contribution in [0.2, 0.25) is 5.02 Å². The van der Waals surface area contributed by atoms with Gasteiger partial charge < -0.3 is 10.2 Å². The van der Waals surface area contributed by atoms with E-state index in [2.05, 4.69) is 5.32 Å². The number of nitrogens with zero attached hydrogens (tertiary/aromatic N) is 2. The van der Waals surface area contributed by atoms with Crippen molar-refractivity contribution in [1.82, 2.24) is 4.31 Å². The van der Waals surface area contributed by atoms with Gasteiger partial charge in [-0.05, 0) is 74.6 Å². The third kappa shape index (κ3) is 4.65. The van der Waals surface area contributed by atoms with Crippen LogP contribution >= 0.6 is 11.6 Å². The molecule has 176 valence electrons. The van der Waals surface area contributed by atoms with Gasteiger partial charge in [0.2, 0.25) is 21.8 Å². The van der Waals surface area contributed by atoms with Crippen LogP contribution in [0.1, 0.15) is 37.8 Å². The number of halogens is 1. The molecule has 2 aliphatic heterocycles. The van der Waals surface area contributed by atoms with Gasteiger partial charge in [0, 0.05) is 42.5 Å². The summed E-state index contributed by atoms with van der Waals surface area (Å²) < 4.78 is 28.2. The number of anilines is 2. The average molecular weight is 490 g/mol. The first-order chi connectivity index (χ1) is 15.6. The largest absolute Gasteiger partial charge is 0.326 e. The molecule has 0 aliphatic carbocycles. The summed E-state index contributed by atoms with van der Waals surface area (Å²) in [5.74, 6) is -0.720. The number of carbonyl (C=O) groups is 2. The molecule has 0 spiro atoms. The van der Waals surface area contributed by atoms with Gasteiger partial charge >= 0.3 is 0 Å². The van der Waals surface area contributed by atoms with E-state index in [9.17, 15) is 18.0 Å². The number of carbonyl (C=O) groups excluding carboxylic acids is 2. The van der Waals surface area contributed by atoms with Gasteiger partial charge in [-0.15, -0.1) is 0 Å². The van der Waals surface area contributed by atoms with E-state index < -0.39 is 15.9 Å². The first kappa shape index (κ1) is 23.7. The Labute approximate surface area is 199 Å². The lowest BCUT2D eigenvalue weighted by Gasteiger charge is -2.31. The molecule has 0 bridgehead atoms. The van der Waals surface area contributed by atoms with Crippen LogP contribution in [0.15, 0.2) is 41.3 Å². The Kier molecular flexibility index (Phi) is 6.53. The van der Waals surface area contributed by atoms with E-state index in [0.717, 1.165) is 16.8 Å². The molecule has 2 unspecified atom stereocenters. The van der Waals surface area contributed by atoms with Crippen molar-refractivity contribution >= 4 is 44.8 Å². The lowest BCUT2D eigenvalue weighted by molar-refractivity contribution is -0.121. The Morgan fingerprint density at radius 3 is 2.61 bits per heavy atom. The number of amides is 2. The fraction of sp³-hybridized carbons (Fsp3) is 0.417. The summed E-state index contributed by atoms with van der Waals surface area (Å²) in [6.45, 7) is 5.84. The summed E-state index contributed by atoms with van der Waals surface area (Å²) in [6, 6.07) is 10.2. The summed E-state index contributed by atoms with van der Waals surface area (Å²) in [7, 11) is -3.76. The molecule has 2 aromatic carbocycles. The lowest BCUT2D eigenvalue weighted by Crippen LogP contribution is -2.43. The molecule has 2 heterocycles. The normalized spacial score (nSPS) is 21.0. The predicted molar refractivity (Wildman–Crippen MR) is 129 cm³/mol. The SMILES string of the molecule is CC(=O)N1c2ccc(S(=O)(=O)N3CCCC(C(=O)Nc4ccc(C)c(Cl)c4)C3)cc2CC1C. The summed E-state index contributed by atoms with van der Waals surface area (Å²) in [4.78, 5) is 26.7. The minimum Gasteiger partial charge on any atom is -0.326 e. The quantitative estimate of drug-likeness (QED) is 0.703. The number of nitrogens with one attached hydrogen (secondary N) is 1. The molecule has 2 amide bonds. The second kappa shape index (κ2) is 9.08. The molecule has 0 saturated carbocycles. The van der Waals surface area contributed by atoms with Crippen molar-refractivity contribution in [2.45, 2.75) is 51.0 Å². The van der Waals surface area contributed by atoms with Crippen LogP contribution in [0, 0.1) is 12.8 Å². The number of fused-ring (bicyclic) bond motifs is 1. The highest BCUT2D eigenvalue weighted by Crippen LogP contribution is 2.35. The maximum Gasteiger partial charge on any atom is 0.243 e. The number of sulfonamides is 1. The van der Waals surface area contributed by atoms with Crippen molar-refractivity contribution in [2.75, 3.05) is 23.3 Å². The van der Waals surface area contributed by atoms with E-state index in [-0.39, 0.29) is 29.3 Å². The molecule has 9 heteroatoms. The monoisotopic (exact) mass is 489 g/mol. The molecule has 2 atom stereocenters.